The minimum Gasteiger partial charge on any atom is -0.481 e. The quantitative estimate of drug-likeness (QED) is 0.819. The Morgan fingerprint density at radius 3 is 2.50 bits per heavy atom. The van der Waals surface area contributed by atoms with Crippen LogP contribution < -0.4 is 4.72 Å². The summed E-state index contributed by atoms with van der Waals surface area (Å²) in [7, 11) is -3.69. The number of nitrogens with zero attached hydrogens (tertiary/aromatic N) is 1. The number of carboxylic acids is 1. The van der Waals surface area contributed by atoms with Crippen molar-refractivity contribution in [2.45, 2.75) is 45.9 Å². The highest BCUT2D eigenvalue weighted by Crippen LogP contribution is 2.23. The van der Waals surface area contributed by atoms with Crippen molar-refractivity contribution >= 4 is 16.0 Å². The zero-order valence-corrected chi connectivity index (χ0v) is 12.8. The van der Waals surface area contributed by atoms with E-state index in [-0.39, 0.29) is 17.9 Å². The number of rotatable bonds is 6. The van der Waals surface area contributed by atoms with Gasteiger partial charge in [0.2, 0.25) is 10.0 Å². The van der Waals surface area contributed by atoms with Crippen molar-refractivity contribution in [1.82, 2.24) is 9.88 Å². The lowest BCUT2D eigenvalue weighted by Gasteiger charge is -2.29. The van der Waals surface area contributed by atoms with E-state index < -0.39 is 27.4 Å². The second-order valence-electron chi connectivity index (χ2n) is 5.82. The van der Waals surface area contributed by atoms with Crippen molar-refractivity contribution in [3.05, 3.63) is 17.5 Å². The van der Waals surface area contributed by atoms with E-state index in [2.05, 4.69) is 9.88 Å². The van der Waals surface area contributed by atoms with Crippen LogP contribution in [0.5, 0.6) is 0 Å². The van der Waals surface area contributed by atoms with Crippen molar-refractivity contribution in [3.63, 3.8) is 0 Å². The van der Waals surface area contributed by atoms with Crippen LogP contribution in [0.15, 0.2) is 10.6 Å². The van der Waals surface area contributed by atoms with Gasteiger partial charge >= 0.3 is 5.97 Å². The molecule has 0 amide bonds. The van der Waals surface area contributed by atoms with Crippen molar-refractivity contribution in [2.75, 3.05) is 0 Å². The normalized spacial score (nSPS) is 14.2. The third kappa shape index (κ3) is 5.30. The number of carbonyl (C=O) groups is 1. The molecule has 0 fully saturated rings. The lowest BCUT2D eigenvalue weighted by Crippen LogP contribution is -2.45. The van der Waals surface area contributed by atoms with Crippen molar-refractivity contribution in [2.24, 2.45) is 5.41 Å². The molecule has 0 saturated carbocycles. The van der Waals surface area contributed by atoms with Gasteiger partial charge in [0, 0.05) is 12.1 Å². The molecule has 0 saturated heterocycles. The van der Waals surface area contributed by atoms with Gasteiger partial charge < -0.3 is 9.63 Å². The Hall–Kier alpha value is -1.41. The largest absolute Gasteiger partial charge is 0.481 e. The average molecular weight is 304 g/mol. The van der Waals surface area contributed by atoms with Gasteiger partial charge in [-0.25, -0.2) is 13.1 Å². The summed E-state index contributed by atoms with van der Waals surface area (Å²) in [6.07, 6.45) is -0.277. The molecule has 0 aliphatic carbocycles. The standard InChI is InChI=1S/C12H20N2O5S/c1-8-5-9(13-19-8)7-20(17,18)14-10(6-11(15)16)12(2,3)4/h5,10,14H,6-7H2,1-4H3,(H,15,16). The fourth-order valence-corrected chi connectivity index (χ4v) is 3.12. The van der Waals surface area contributed by atoms with E-state index in [9.17, 15) is 13.2 Å². The van der Waals surface area contributed by atoms with E-state index in [4.69, 9.17) is 9.63 Å². The van der Waals surface area contributed by atoms with Crippen molar-refractivity contribution in [1.29, 1.82) is 0 Å². The zero-order valence-electron chi connectivity index (χ0n) is 12.0. The SMILES string of the molecule is Cc1cc(CS(=O)(=O)NC(CC(=O)O)C(C)(C)C)no1. The maximum Gasteiger partial charge on any atom is 0.304 e. The maximum atomic E-state index is 12.1. The highest BCUT2D eigenvalue weighted by atomic mass is 32.2. The Balaban J connectivity index is 2.83. The van der Waals surface area contributed by atoms with Crippen molar-refractivity contribution in [3.8, 4) is 0 Å². The summed E-state index contributed by atoms with van der Waals surface area (Å²) in [5.41, 5.74) is -0.219. The summed E-state index contributed by atoms with van der Waals surface area (Å²) in [5, 5.41) is 12.5. The Morgan fingerprint density at radius 2 is 2.10 bits per heavy atom. The fourth-order valence-electron chi connectivity index (χ4n) is 1.64. The molecular formula is C12H20N2O5S. The van der Waals surface area contributed by atoms with Crippen LogP contribution >= 0.6 is 0 Å². The van der Waals surface area contributed by atoms with Gasteiger partial charge in [-0.05, 0) is 12.3 Å². The van der Waals surface area contributed by atoms with Crippen LogP contribution in [0.3, 0.4) is 0 Å². The fraction of sp³-hybridized carbons (Fsp3) is 0.667. The Morgan fingerprint density at radius 1 is 1.50 bits per heavy atom. The smallest absolute Gasteiger partial charge is 0.304 e. The second kappa shape index (κ2) is 5.92. The zero-order chi connectivity index (χ0) is 15.6. The van der Waals surface area contributed by atoms with Gasteiger partial charge in [0.05, 0.1) is 6.42 Å². The molecule has 0 aliphatic heterocycles. The Labute approximate surface area is 118 Å². The number of hydrogen-bond acceptors (Lipinski definition) is 5. The van der Waals surface area contributed by atoms with Gasteiger partial charge in [0.15, 0.2) is 0 Å². The third-order valence-corrected chi connectivity index (χ3v) is 4.08. The number of carboxylic acid groups (broad SMARTS) is 1. The molecule has 0 aromatic carbocycles. The van der Waals surface area contributed by atoms with Crippen LogP contribution in [-0.4, -0.2) is 30.7 Å². The van der Waals surface area contributed by atoms with Crippen molar-refractivity contribution < 1.29 is 22.8 Å². The topological polar surface area (TPSA) is 110 Å². The highest BCUT2D eigenvalue weighted by Gasteiger charge is 2.31. The average Bonchev–Trinajstić information content (AvgIpc) is 2.59. The number of aromatic nitrogens is 1. The monoisotopic (exact) mass is 304 g/mol. The summed E-state index contributed by atoms with van der Waals surface area (Å²) in [4.78, 5) is 10.8. The molecule has 8 heteroatoms. The molecule has 0 radical (unpaired) electrons. The molecule has 0 aliphatic rings. The molecule has 20 heavy (non-hydrogen) atoms. The molecule has 0 spiro atoms. The molecule has 0 bridgehead atoms. The van der Waals surface area contributed by atoms with E-state index >= 15 is 0 Å². The Kier molecular flexibility index (Phi) is 4.93. The van der Waals surface area contributed by atoms with Crippen LogP contribution in [0.25, 0.3) is 0 Å². The van der Waals surface area contributed by atoms with E-state index in [0.717, 1.165) is 0 Å². The van der Waals surface area contributed by atoms with Crippen LogP contribution in [0.1, 0.15) is 38.6 Å². The molecule has 1 rings (SSSR count). The molecule has 1 aromatic rings. The summed E-state index contributed by atoms with van der Waals surface area (Å²) in [6, 6.07) is 0.834. The number of aliphatic carboxylic acids is 1. The molecular weight excluding hydrogens is 284 g/mol. The van der Waals surface area contributed by atoms with Gasteiger partial charge in [-0.15, -0.1) is 0 Å². The van der Waals surface area contributed by atoms with Gasteiger partial charge in [-0.3, -0.25) is 4.79 Å². The van der Waals surface area contributed by atoms with Crippen LogP contribution in [0.2, 0.25) is 0 Å². The van der Waals surface area contributed by atoms with Gasteiger partial charge in [-0.1, -0.05) is 25.9 Å². The molecule has 2 N–H and O–H groups in total. The first-order valence-electron chi connectivity index (χ1n) is 6.13. The van der Waals surface area contributed by atoms with Gasteiger partial charge in [-0.2, -0.15) is 0 Å². The maximum absolute atomic E-state index is 12.1. The van der Waals surface area contributed by atoms with Crippen LogP contribution in [0, 0.1) is 12.3 Å². The molecule has 1 atom stereocenters. The number of hydrogen-bond donors (Lipinski definition) is 2. The Bertz CT molecular complexity index is 571. The summed E-state index contributed by atoms with van der Waals surface area (Å²) < 4.78 is 31.4. The van der Waals surface area contributed by atoms with E-state index in [1.54, 1.807) is 27.7 Å². The molecule has 7 nitrogen and oxygen atoms in total. The predicted molar refractivity (Wildman–Crippen MR) is 72.5 cm³/mol. The first kappa shape index (κ1) is 16.6. The molecule has 1 unspecified atom stereocenters. The lowest BCUT2D eigenvalue weighted by atomic mass is 9.85. The summed E-state index contributed by atoms with van der Waals surface area (Å²) in [6.45, 7) is 7.01. The minimum absolute atomic E-state index is 0.277. The molecule has 1 heterocycles. The second-order valence-corrected chi connectivity index (χ2v) is 7.58. The first-order valence-corrected chi connectivity index (χ1v) is 7.79. The van der Waals surface area contributed by atoms with Gasteiger partial charge in [0.1, 0.15) is 17.2 Å². The van der Waals surface area contributed by atoms with Crippen LogP contribution in [-0.2, 0) is 20.6 Å². The molecule has 114 valence electrons. The molecule has 1 aromatic heterocycles. The van der Waals surface area contributed by atoms with E-state index in [0.29, 0.717) is 5.76 Å². The summed E-state index contributed by atoms with van der Waals surface area (Å²) >= 11 is 0. The predicted octanol–water partition coefficient (Wildman–Crippen LogP) is 1.29. The highest BCUT2D eigenvalue weighted by molar-refractivity contribution is 7.88. The van der Waals surface area contributed by atoms with E-state index in [1.165, 1.54) is 6.07 Å². The first-order chi connectivity index (χ1) is 8.99. The van der Waals surface area contributed by atoms with Crippen LogP contribution in [0.4, 0.5) is 0 Å². The van der Waals surface area contributed by atoms with E-state index in [1.807, 2.05) is 0 Å². The minimum atomic E-state index is -3.69. The lowest BCUT2D eigenvalue weighted by molar-refractivity contribution is -0.138. The van der Waals surface area contributed by atoms with Gasteiger partial charge in [0.25, 0.3) is 0 Å². The summed E-state index contributed by atoms with van der Waals surface area (Å²) in [5.74, 6) is -0.866. The third-order valence-electron chi connectivity index (χ3n) is 2.76. The number of aryl methyl sites for hydroxylation is 1. The number of nitrogens with one attached hydrogen (secondary N) is 1. The number of sulfonamides is 1.